The van der Waals surface area contributed by atoms with Gasteiger partial charge in [-0.2, -0.15) is 0 Å². The topological polar surface area (TPSA) is 54.9 Å². The van der Waals surface area contributed by atoms with Crippen LogP contribution in [0.15, 0.2) is 18.5 Å². The highest BCUT2D eigenvalue weighted by atomic mass is 79.9. The minimum atomic E-state index is -0.319. The Morgan fingerprint density at radius 1 is 1.23 bits per heavy atom. The first-order valence-electron chi connectivity index (χ1n) is 3.65. The second-order valence-electron chi connectivity index (χ2n) is 2.84. The van der Waals surface area contributed by atoms with Gasteiger partial charge >= 0.3 is 0 Å². The number of hydrogen-bond acceptors (Lipinski definition) is 2. The van der Waals surface area contributed by atoms with Gasteiger partial charge in [-0.1, -0.05) is 0 Å². The van der Waals surface area contributed by atoms with Gasteiger partial charge in [-0.3, -0.25) is 14.7 Å². The Balaban J connectivity index is 3.61. The molecule has 0 atom stereocenters. The van der Waals surface area contributed by atoms with E-state index in [9.17, 15) is 9.59 Å². The summed E-state index contributed by atoms with van der Waals surface area (Å²) in [6.07, 6.45) is 0. The van der Waals surface area contributed by atoms with E-state index in [4.69, 9.17) is 0 Å². The van der Waals surface area contributed by atoms with E-state index in [1.165, 1.54) is 4.68 Å². The van der Waals surface area contributed by atoms with E-state index in [0.717, 1.165) is 0 Å². The van der Waals surface area contributed by atoms with E-state index >= 15 is 0 Å². The molecule has 1 heterocycles. The molecule has 1 aromatic heterocycles. The van der Waals surface area contributed by atoms with E-state index in [0.29, 0.717) is 0 Å². The molecule has 0 amide bonds. The van der Waals surface area contributed by atoms with Crippen LogP contribution in [0.5, 0.6) is 0 Å². The predicted molar refractivity (Wildman–Crippen MR) is 57.1 cm³/mol. The molecular weight excluding hydrogens is 304 g/mol. The summed E-state index contributed by atoms with van der Waals surface area (Å²) in [4.78, 5) is 22.7. The van der Waals surface area contributed by atoms with Gasteiger partial charge in [0.1, 0.15) is 8.95 Å². The Bertz CT molecular complexity index is 433. The molecular formula is C7H8Br2N2O2. The van der Waals surface area contributed by atoms with Gasteiger partial charge in [0.05, 0.1) is 0 Å². The van der Waals surface area contributed by atoms with Crippen LogP contribution in [0.1, 0.15) is 19.9 Å². The third kappa shape index (κ3) is 1.94. The molecule has 0 radical (unpaired) electrons. The van der Waals surface area contributed by atoms with Crippen LogP contribution < -0.4 is 11.1 Å². The summed E-state index contributed by atoms with van der Waals surface area (Å²) in [5, 5.41) is 2.46. The van der Waals surface area contributed by atoms with Gasteiger partial charge in [0.25, 0.3) is 11.1 Å². The monoisotopic (exact) mass is 310 g/mol. The van der Waals surface area contributed by atoms with Crippen LogP contribution in [0.2, 0.25) is 0 Å². The molecule has 0 unspecified atom stereocenters. The lowest BCUT2D eigenvalue weighted by Gasteiger charge is -2.09. The third-order valence-corrected chi connectivity index (χ3v) is 3.56. The molecule has 0 aliphatic carbocycles. The zero-order valence-electron chi connectivity index (χ0n) is 7.10. The number of aromatic nitrogens is 2. The molecule has 6 heteroatoms. The molecule has 4 nitrogen and oxygen atoms in total. The molecule has 0 spiro atoms. The minimum absolute atomic E-state index is 0.0652. The van der Waals surface area contributed by atoms with Crippen LogP contribution in [-0.2, 0) is 0 Å². The van der Waals surface area contributed by atoms with Gasteiger partial charge in [-0.05, 0) is 45.7 Å². The van der Waals surface area contributed by atoms with Crippen molar-refractivity contribution in [2.75, 3.05) is 0 Å². The predicted octanol–water partition coefficient (Wildman–Crippen LogP) is 1.64. The number of rotatable bonds is 1. The van der Waals surface area contributed by atoms with Crippen molar-refractivity contribution in [1.82, 2.24) is 9.78 Å². The largest absolute Gasteiger partial charge is 0.280 e. The number of H-pyrrole nitrogens is 1. The SMILES string of the molecule is CC(C)n1[nH]c(=O)c(Br)c(Br)c1=O. The Labute approximate surface area is 91.2 Å². The summed E-state index contributed by atoms with van der Waals surface area (Å²) >= 11 is 6.06. The number of nitrogens with one attached hydrogen (secondary N) is 1. The highest BCUT2D eigenvalue weighted by Gasteiger charge is 2.11. The highest BCUT2D eigenvalue weighted by molar-refractivity contribution is 9.13. The lowest BCUT2D eigenvalue weighted by Crippen LogP contribution is -2.32. The van der Waals surface area contributed by atoms with E-state index in [2.05, 4.69) is 37.0 Å². The standard InChI is InChI=1S/C7H8Br2N2O2/c1-3(2)11-7(13)5(9)4(8)6(12)10-11/h3H,1-2H3,(H,10,12). The number of hydrogen-bond donors (Lipinski definition) is 1. The van der Waals surface area contributed by atoms with Crippen LogP contribution in [0.25, 0.3) is 0 Å². The molecule has 0 aliphatic heterocycles. The lowest BCUT2D eigenvalue weighted by molar-refractivity contribution is 0.492. The third-order valence-electron chi connectivity index (χ3n) is 1.54. The Morgan fingerprint density at radius 2 is 1.77 bits per heavy atom. The average Bonchev–Trinajstić information content (AvgIpc) is 2.07. The van der Waals surface area contributed by atoms with E-state index in [1.807, 2.05) is 13.8 Å². The van der Waals surface area contributed by atoms with Crippen molar-refractivity contribution in [1.29, 1.82) is 0 Å². The summed E-state index contributed by atoms with van der Waals surface area (Å²) in [6, 6.07) is -0.0652. The van der Waals surface area contributed by atoms with Crippen molar-refractivity contribution in [3.05, 3.63) is 29.7 Å². The number of nitrogens with zero attached hydrogens (tertiary/aromatic N) is 1. The first kappa shape index (κ1) is 10.7. The van der Waals surface area contributed by atoms with Gasteiger partial charge in [-0.15, -0.1) is 0 Å². The molecule has 1 N–H and O–H groups in total. The lowest BCUT2D eigenvalue weighted by atomic mass is 10.4. The molecule has 0 aliphatic rings. The smallest absolute Gasteiger partial charge is 0.267 e. The molecule has 1 rings (SSSR count). The van der Waals surface area contributed by atoms with Crippen LogP contribution in [-0.4, -0.2) is 9.78 Å². The van der Waals surface area contributed by atoms with Crippen LogP contribution >= 0.6 is 31.9 Å². The molecule has 0 fully saturated rings. The van der Waals surface area contributed by atoms with Crippen molar-refractivity contribution in [2.45, 2.75) is 19.9 Å². The zero-order chi connectivity index (χ0) is 10.2. The molecule has 0 saturated heterocycles. The molecule has 1 aromatic rings. The average molecular weight is 312 g/mol. The Kier molecular flexibility index (Phi) is 3.13. The second kappa shape index (κ2) is 3.79. The maximum absolute atomic E-state index is 11.5. The summed E-state index contributed by atoms with van der Waals surface area (Å²) in [6.45, 7) is 3.63. The van der Waals surface area contributed by atoms with Gasteiger partial charge < -0.3 is 0 Å². The zero-order valence-corrected chi connectivity index (χ0v) is 10.3. The van der Waals surface area contributed by atoms with Gasteiger partial charge in [-0.25, -0.2) is 4.68 Å². The van der Waals surface area contributed by atoms with Crippen molar-refractivity contribution in [3.8, 4) is 0 Å². The maximum Gasteiger partial charge on any atom is 0.280 e. The fraction of sp³-hybridized carbons (Fsp3) is 0.429. The summed E-state index contributed by atoms with van der Waals surface area (Å²) in [7, 11) is 0. The van der Waals surface area contributed by atoms with Gasteiger partial charge in [0.2, 0.25) is 0 Å². The maximum atomic E-state index is 11.5. The molecule has 0 bridgehead atoms. The minimum Gasteiger partial charge on any atom is -0.267 e. The quantitative estimate of drug-likeness (QED) is 0.857. The fourth-order valence-corrected chi connectivity index (χ4v) is 1.50. The van der Waals surface area contributed by atoms with Crippen molar-refractivity contribution >= 4 is 31.9 Å². The molecule has 72 valence electrons. The summed E-state index contributed by atoms with van der Waals surface area (Å²) in [5.41, 5.74) is -0.568. The van der Waals surface area contributed by atoms with E-state index in [1.54, 1.807) is 0 Å². The van der Waals surface area contributed by atoms with E-state index < -0.39 is 0 Å². The highest BCUT2D eigenvalue weighted by Crippen LogP contribution is 2.13. The number of halogens is 2. The first-order valence-corrected chi connectivity index (χ1v) is 5.23. The van der Waals surface area contributed by atoms with Gasteiger partial charge in [0.15, 0.2) is 0 Å². The fourth-order valence-electron chi connectivity index (χ4n) is 0.872. The Morgan fingerprint density at radius 3 is 2.23 bits per heavy atom. The van der Waals surface area contributed by atoms with Crippen molar-refractivity contribution in [2.24, 2.45) is 0 Å². The second-order valence-corrected chi connectivity index (χ2v) is 4.42. The number of aromatic amines is 1. The molecule has 0 aromatic carbocycles. The van der Waals surface area contributed by atoms with Gasteiger partial charge in [0, 0.05) is 6.04 Å². The first-order chi connectivity index (χ1) is 5.95. The summed E-state index contributed by atoms with van der Waals surface area (Å²) in [5.74, 6) is 0. The normalized spacial score (nSPS) is 10.8. The Hall–Kier alpha value is -0.360. The van der Waals surface area contributed by atoms with Crippen molar-refractivity contribution in [3.63, 3.8) is 0 Å². The molecule has 0 saturated carbocycles. The van der Waals surface area contributed by atoms with E-state index in [-0.39, 0.29) is 26.1 Å². The van der Waals surface area contributed by atoms with Crippen molar-refractivity contribution < 1.29 is 0 Å². The van der Waals surface area contributed by atoms with Crippen LogP contribution in [0.3, 0.4) is 0 Å². The molecule has 13 heavy (non-hydrogen) atoms. The van der Waals surface area contributed by atoms with Crippen LogP contribution in [0, 0.1) is 0 Å². The van der Waals surface area contributed by atoms with Crippen LogP contribution in [0.4, 0.5) is 0 Å². The summed E-state index contributed by atoms with van der Waals surface area (Å²) < 4.78 is 1.76.